The Morgan fingerprint density at radius 1 is 1.24 bits per heavy atom. The summed E-state index contributed by atoms with van der Waals surface area (Å²) in [5, 5.41) is 9.63. The number of esters is 1. The molecule has 4 nitrogen and oxygen atoms in total. The molecule has 0 saturated heterocycles. The van der Waals surface area contributed by atoms with Crippen LogP contribution in [-0.2, 0) is 9.53 Å². The van der Waals surface area contributed by atoms with Crippen LogP contribution in [0.25, 0.3) is 0 Å². The minimum Gasteiger partial charge on any atom is -0.508 e. The van der Waals surface area contributed by atoms with Crippen molar-refractivity contribution in [1.29, 1.82) is 0 Å². The molecule has 0 aliphatic carbocycles. The fourth-order valence-corrected chi connectivity index (χ4v) is 2.37. The van der Waals surface area contributed by atoms with Crippen molar-refractivity contribution >= 4 is 11.7 Å². The maximum absolute atomic E-state index is 11.2. The maximum atomic E-state index is 11.2. The average molecular weight is 293 g/mol. The summed E-state index contributed by atoms with van der Waals surface area (Å²) in [6, 6.07) is 5.47. The molecular weight excluding hydrogens is 266 g/mol. The maximum Gasteiger partial charge on any atom is 0.305 e. The summed E-state index contributed by atoms with van der Waals surface area (Å²) in [5.41, 5.74) is 2.25. The Balaban J connectivity index is 2.38. The van der Waals surface area contributed by atoms with Crippen LogP contribution in [0.4, 0.5) is 5.69 Å². The second-order valence-corrected chi connectivity index (χ2v) is 5.17. The number of aromatic hydroxyl groups is 1. The van der Waals surface area contributed by atoms with Gasteiger partial charge in [0.05, 0.1) is 6.61 Å². The van der Waals surface area contributed by atoms with E-state index in [4.69, 9.17) is 4.74 Å². The number of aryl methyl sites for hydroxylation is 1. The largest absolute Gasteiger partial charge is 0.508 e. The second kappa shape index (κ2) is 9.27. The lowest BCUT2D eigenvalue weighted by Gasteiger charge is -2.25. The van der Waals surface area contributed by atoms with Gasteiger partial charge in [-0.1, -0.05) is 12.5 Å². The number of anilines is 1. The quantitative estimate of drug-likeness (QED) is 0.558. The molecule has 0 aliphatic rings. The third-order valence-corrected chi connectivity index (χ3v) is 3.53. The van der Waals surface area contributed by atoms with E-state index >= 15 is 0 Å². The molecule has 1 N–H and O–H groups in total. The molecule has 0 radical (unpaired) electrons. The topological polar surface area (TPSA) is 49.8 Å². The molecule has 0 amide bonds. The van der Waals surface area contributed by atoms with Crippen LogP contribution in [0.1, 0.15) is 45.1 Å². The predicted octanol–water partition coefficient (Wildman–Crippen LogP) is 3.65. The van der Waals surface area contributed by atoms with Crippen molar-refractivity contribution < 1.29 is 14.6 Å². The van der Waals surface area contributed by atoms with Crippen LogP contribution in [0.2, 0.25) is 0 Å². The molecular formula is C17H27NO3. The number of unbranched alkanes of at least 4 members (excludes halogenated alkanes) is 2. The zero-order valence-electron chi connectivity index (χ0n) is 13.4. The number of phenolic OH excluding ortho intramolecular Hbond substituents is 1. The van der Waals surface area contributed by atoms with Crippen molar-refractivity contribution in [3.05, 3.63) is 23.8 Å². The van der Waals surface area contributed by atoms with E-state index < -0.39 is 0 Å². The fourth-order valence-electron chi connectivity index (χ4n) is 2.37. The zero-order chi connectivity index (χ0) is 15.7. The van der Waals surface area contributed by atoms with Gasteiger partial charge in [-0.25, -0.2) is 0 Å². The van der Waals surface area contributed by atoms with E-state index in [0.717, 1.165) is 38.0 Å². The summed E-state index contributed by atoms with van der Waals surface area (Å²) in [4.78, 5) is 13.5. The monoisotopic (exact) mass is 293 g/mol. The normalized spacial score (nSPS) is 10.4. The van der Waals surface area contributed by atoms with E-state index in [1.54, 1.807) is 6.07 Å². The molecule has 118 valence electrons. The fraction of sp³-hybridized carbons (Fsp3) is 0.588. The molecule has 4 heteroatoms. The third-order valence-electron chi connectivity index (χ3n) is 3.53. The van der Waals surface area contributed by atoms with Gasteiger partial charge in [0, 0.05) is 31.3 Å². The number of rotatable bonds is 9. The van der Waals surface area contributed by atoms with Gasteiger partial charge in [-0.2, -0.15) is 0 Å². The first-order valence-electron chi connectivity index (χ1n) is 7.78. The van der Waals surface area contributed by atoms with E-state index in [1.165, 1.54) is 5.56 Å². The lowest BCUT2D eigenvalue weighted by Crippen LogP contribution is -2.24. The smallest absolute Gasteiger partial charge is 0.305 e. The molecule has 0 aliphatic heterocycles. The van der Waals surface area contributed by atoms with Gasteiger partial charge in [0.25, 0.3) is 0 Å². The lowest BCUT2D eigenvalue weighted by atomic mass is 10.1. The predicted molar refractivity (Wildman–Crippen MR) is 85.8 cm³/mol. The Bertz CT molecular complexity index is 446. The number of benzene rings is 1. The Labute approximate surface area is 127 Å². The molecule has 1 aromatic carbocycles. The van der Waals surface area contributed by atoms with E-state index in [9.17, 15) is 9.90 Å². The second-order valence-electron chi connectivity index (χ2n) is 5.17. The molecule has 0 fully saturated rings. The first-order chi connectivity index (χ1) is 10.1. The molecule has 1 aromatic rings. The van der Waals surface area contributed by atoms with Crippen molar-refractivity contribution in [1.82, 2.24) is 0 Å². The van der Waals surface area contributed by atoms with Crippen molar-refractivity contribution in [2.24, 2.45) is 0 Å². The standard InChI is InChI=1S/C17H27NO3/c1-4-18(16-13-15(19)11-10-14(16)3)12-8-6-7-9-17(20)21-5-2/h10-11,13,19H,4-9,12H2,1-3H3. The Hall–Kier alpha value is -1.71. The summed E-state index contributed by atoms with van der Waals surface area (Å²) in [6.45, 7) is 8.29. The molecule has 0 aromatic heterocycles. The van der Waals surface area contributed by atoms with Crippen molar-refractivity contribution in [3.8, 4) is 5.75 Å². The van der Waals surface area contributed by atoms with E-state index in [2.05, 4.69) is 18.7 Å². The minimum atomic E-state index is -0.103. The molecule has 0 heterocycles. The SMILES string of the molecule is CCOC(=O)CCCCCN(CC)c1cc(O)ccc1C. The lowest BCUT2D eigenvalue weighted by molar-refractivity contribution is -0.143. The number of carbonyl (C=O) groups is 1. The van der Waals surface area contributed by atoms with Crippen LogP contribution in [0.3, 0.4) is 0 Å². The Kier molecular flexibility index (Phi) is 7.65. The van der Waals surface area contributed by atoms with Gasteiger partial charge in [-0.3, -0.25) is 4.79 Å². The van der Waals surface area contributed by atoms with E-state index in [-0.39, 0.29) is 5.97 Å². The van der Waals surface area contributed by atoms with Crippen LogP contribution in [-0.4, -0.2) is 30.8 Å². The Morgan fingerprint density at radius 2 is 2.00 bits per heavy atom. The zero-order valence-corrected chi connectivity index (χ0v) is 13.4. The van der Waals surface area contributed by atoms with Crippen molar-refractivity contribution in [2.75, 3.05) is 24.6 Å². The van der Waals surface area contributed by atoms with Crippen LogP contribution in [0.5, 0.6) is 5.75 Å². The number of hydrogen-bond donors (Lipinski definition) is 1. The van der Waals surface area contributed by atoms with Crippen molar-refractivity contribution in [3.63, 3.8) is 0 Å². The number of nitrogens with zero attached hydrogens (tertiary/aromatic N) is 1. The molecule has 0 bridgehead atoms. The highest BCUT2D eigenvalue weighted by atomic mass is 16.5. The Morgan fingerprint density at radius 3 is 2.67 bits per heavy atom. The molecule has 0 spiro atoms. The first-order valence-corrected chi connectivity index (χ1v) is 7.78. The van der Waals surface area contributed by atoms with Gasteiger partial charge in [0.1, 0.15) is 5.75 Å². The first kappa shape index (κ1) is 17.3. The summed E-state index contributed by atoms with van der Waals surface area (Å²) in [5.74, 6) is 0.199. The van der Waals surface area contributed by atoms with Gasteiger partial charge >= 0.3 is 5.97 Å². The number of carbonyl (C=O) groups excluding carboxylic acids is 1. The molecule has 1 rings (SSSR count). The molecule has 0 unspecified atom stereocenters. The molecule has 21 heavy (non-hydrogen) atoms. The van der Waals surface area contributed by atoms with Crippen LogP contribution in [0.15, 0.2) is 18.2 Å². The van der Waals surface area contributed by atoms with Gasteiger partial charge in [-0.05, 0) is 45.2 Å². The highest BCUT2D eigenvalue weighted by Gasteiger charge is 2.08. The summed E-state index contributed by atoms with van der Waals surface area (Å²) < 4.78 is 4.91. The van der Waals surface area contributed by atoms with E-state index in [0.29, 0.717) is 18.8 Å². The van der Waals surface area contributed by atoms with Crippen LogP contribution < -0.4 is 4.90 Å². The minimum absolute atomic E-state index is 0.103. The van der Waals surface area contributed by atoms with Crippen LogP contribution >= 0.6 is 0 Å². The number of phenols is 1. The summed E-state index contributed by atoms with van der Waals surface area (Å²) in [6.07, 6.45) is 3.41. The van der Waals surface area contributed by atoms with Crippen LogP contribution in [0, 0.1) is 6.92 Å². The highest BCUT2D eigenvalue weighted by molar-refractivity contribution is 5.69. The van der Waals surface area contributed by atoms with Crippen molar-refractivity contribution in [2.45, 2.75) is 46.5 Å². The number of hydrogen-bond acceptors (Lipinski definition) is 4. The van der Waals surface area contributed by atoms with Gasteiger partial charge < -0.3 is 14.7 Å². The summed E-state index contributed by atoms with van der Waals surface area (Å²) >= 11 is 0. The highest BCUT2D eigenvalue weighted by Crippen LogP contribution is 2.25. The third kappa shape index (κ3) is 6.06. The molecule has 0 atom stereocenters. The summed E-state index contributed by atoms with van der Waals surface area (Å²) in [7, 11) is 0. The van der Waals surface area contributed by atoms with Gasteiger partial charge in [-0.15, -0.1) is 0 Å². The van der Waals surface area contributed by atoms with Gasteiger partial charge in [0.2, 0.25) is 0 Å². The number of ether oxygens (including phenoxy) is 1. The average Bonchev–Trinajstić information content (AvgIpc) is 2.46. The van der Waals surface area contributed by atoms with E-state index in [1.807, 2.05) is 19.1 Å². The molecule has 0 saturated carbocycles. The van der Waals surface area contributed by atoms with Gasteiger partial charge in [0.15, 0.2) is 0 Å².